The highest BCUT2D eigenvalue weighted by Gasteiger charge is 2.33. The van der Waals surface area contributed by atoms with Crippen LogP contribution >= 0.6 is 0 Å². The molecule has 0 spiro atoms. The largest absolute Gasteiger partial charge is 0.480 e. The van der Waals surface area contributed by atoms with Crippen molar-refractivity contribution in [2.45, 2.75) is 58.0 Å². The third-order valence-corrected chi connectivity index (χ3v) is 3.86. The zero-order valence-corrected chi connectivity index (χ0v) is 11.3. The number of rotatable bonds is 7. The van der Waals surface area contributed by atoms with Gasteiger partial charge in [-0.05, 0) is 39.3 Å². The van der Waals surface area contributed by atoms with E-state index in [1.807, 2.05) is 6.92 Å². The molecule has 0 radical (unpaired) electrons. The summed E-state index contributed by atoms with van der Waals surface area (Å²) in [4.78, 5) is 13.7. The Balaban J connectivity index is 2.49. The second kappa shape index (κ2) is 6.36. The Kier molecular flexibility index (Phi) is 5.40. The Hall–Kier alpha value is -0.610. The van der Waals surface area contributed by atoms with Crippen molar-refractivity contribution in [2.24, 2.45) is 0 Å². The van der Waals surface area contributed by atoms with E-state index in [1.54, 1.807) is 6.92 Å². The van der Waals surface area contributed by atoms with Gasteiger partial charge in [-0.25, -0.2) is 0 Å². The zero-order chi connectivity index (χ0) is 12.9. The minimum Gasteiger partial charge on any atom is -0.480 e. The molecule has 2 atom stereocenters. The summed E-state index contributed by atoms with van der Waals surface area (Å²) in [6.45, 7) is 8.99. The van der Waals surface area contributed by atoms with Crippen molar-refractivity contribution in [1.82, 2.24) is 10.2 Å². The van der Waals surface area contributed by atoms with Crippen LogP contribution in [-0.4, -0.2) is 47.2 Å². The lowest BCUT2D eigenvalue weighted by atomic mass is 9.96. The van der Waals surface area contributed by atoms with Crippen LogP contribution in [0.25, 0.3) is 0 Å². The predicted molar refractivity (Wildman–Crippen MR) is 69.2 cm³/mol. The van der Waals surface area contributed by atoms with Crippen molar-refractivity contribution < 1.29 is 9.90 Å². The monoisotopic (exact) mass is 242 g/mol. The molecule has 0 amide bonds. The average Bonchev–Trinajstić information content (AvgIpc) is 2.74. The van der Waals surface area contributed by atoms with E-state index in [1.165, 1.54) is 12.8 Å². The molecule has 1 heterocycles. The number of hydrogen-bond donors (Lipinski definition) is 2. The molecule has 100 valence electrons. The summed E-state index contributed by atoms with van der Waals surface area (Å²) in [7, 11) is 0. The van der Waals surface area contributed by atoms with E-state index >= 15 is 0 Å². The number of likely N-dealkylation sites (N-methyl/N-ethyl adjacent to an activating group) is 1. The van der Waals surface area contributed by atoms with Gasteiger partial charge in [-0.15, -0.1) is 0 Å². The van der Waals surface area contributed by atoms with Crippen LogP contribution < -0.4 is 5.32 Å². The van der Waals surface area contributed by atoms with Crippen molar-refractivity contribution in [3.8, 4) is 0 Å². The normalized spacial score (nSPS) is 24.8. The summed E-state index contributed by atoms with van der Waals surface area (Å²) in [6.07, 6.45) is 3.99. The van der Waals surface area contributed by atoms with Crippen molar-refractivity contribution in [1.29, 1.82) is 0 Å². The molecule has 0 bridgehead atoms. The number of carboxylic acid groups (broad SMARTS) is 1. The molecule has 0 aromatic rings. The van der Waals surface area contributed by atoms with Crippen LogP contribution in [0.1, 0.15) is 46.5 Å². The Labute approximate surface area is 104 Å². The van der Waals surface area contributed by atoms with Crippen molar-refractivity contribution in [3.05, 3.63) is 0 Å². The number of carboxylic acids is 1. The number of hydrogen-bond acceptors (Lipinski definition) is 3. The summed E-state index contributed by atoms with van der Waals surface area (Å²) in [5, 5.41) is 12.5. The van der Waals surface area contributed by atoms with Gasteiger partial charge in [-0.3, -0.25) is 9.69 Å². The van der Waals surface area contributed by atoms with Crippen LogP contribution in [0.2, 0.25) is 0 Å². The third kappa shape index (κ3) is 3.68. The maximum atomic E-state index is 11.3. The molecule has 0 aromatic carbocycles. The van der Waals surface area contributed by atoms with Gasteiger partial charge in [-0.2, -0.15) is 0 Å². The molecule has 1 saturated heterocycles. The molecule has 1 rings (SSSR count). The minimum atomic E-state index is -0.767. The van der Waals surface area contributed by atoms with Gasteiger partial charge in [0.1, 0.15) is 5.54 Å². The van der Waals surface area contributed by atoms with Crippen LogP contribution in [-0.2, 0) is 4.79 Å². The van der Waals surface area contributed by atoms with Crippen LogP contribution in [0.3, 0.4) is 0 Å². The second-order valence-electron chi connectivity index (χ2n) is 5.19. The molecular weight excluding hydrogens is 216 g/mol. The van der Waals surface area contributed by atoms with Crippen LogP contribution in [0.4, 0.5) is 0 Å². The van der Waals surface area contributed by atoms with E-state index in [-0.39, 0.29) is 0 Å². The molecule has 0 aromatic heterocycles. The summed E-state index contributed by atoms with van der Waals surface area (Å²) in [5.41, 5.74) is -0.767. The quantitative estimate of drug-likeness (QED) is 0.713. The Morgan fingerprint density at radius 3 is 2.76 bits per heavy atom. The van der Waals surface area contributed by atoms with Crippen LogP contribution in [0.5, 0.6) is 0 Å². The average molecular weight is 242 g/mol. The van der Waals surface area contributed by atoms with Gasteiger partial charge in [0.05, 0.1) is 0 Å². The standard InChI is InChI=1S/C13H26N2O2/c1-4-8-13(3,12(16)17)14-10-11-7-6-9-15(11)5-2/h11,14H,4-10H2,1-3H3,(H,16,17). The van der Waals surface area contributed by atoms with Crippen LogP contribution in [0.15, 0.2) is 0 Å². The molecule has 4 nitrogen and oxygen atoms in total. The van der Waals surface area contributed by atoms with Crippen molar-refractivity contribution in [2.75, 3.05) is 19.6 Å². The fourth-order valence-corrected chi connectivity index (χ4v) is 2.66. The number of nitrogens with one attached hydrogen (secondary N) is 1. The molecule has 1 aliphatic rings. The van der Waals surface area contributed by atoms with Gasteiger partial charge >= 0.3 is 5.97 Å². The summed E-state index contributed by atoms with van der Waals surface area (Å²) >= 11 is 0. The Bertz CT molecular complexity index is 258. The molecule has 4 heteroatoms. The molecule has 2 unspecified atom stereocenters. The summed E-state index contributed by atoms with van der Waals surface area (Å²) in [5.74, 6) is -0.736. The fourth-order valence-electron chi connectivity index (χ4n) is 2.66. The van der Waals surface area contributed by atoms with E-state index in [0.717, 1.165) is 26.1 Å². The number of carbonyl (C=O) groups is 1. The van der Waals surface area contributed by atoms with Gasteiger partial charge < -0.3 is 10.4 Å². The lowest BCUT2D eigenvalue weighted by Gasteiger charge is -2.30. The first-order valence-corrected chi connectivity index (χ1v) is 6.76. The fraction of sp³-hybridized carbons (Fsp3) is 0.923. The Morgan fingerprint density at radius 1 is 1.53 bits per heavy atom. The number of nitrogens with zero attached hydrogens (tertiary/aromatic N) is 1. The molecule has 0 saturated carbocycles. The number of aliphatic carboxylic acids is 1. The van der Waals surface area contributed by atoms with Gasteiger partial charge in [0.2, 0.25) is 0 Å². The van der Waals surface area contributed by atoms with Gasteiger partial charge in [-0.1, -0.05) is 20.3 Å². The van der Waals surface area contributed by atoms with E-state index in [2.05, 4.69) is 17.1 Å². The first kappa shape index (κ1) is 14.5. The van der Waals surface area contributed by atoms with Crippen molar-refractivity contribution in [3.63, 3.8) is 0 Å². The first-order valence-electron chi connectivity index (χ1n) is 6.76. The molecule has 0 aliphatic carbocycles. The number of likely N-dealkylation sites (tertiary alicyclic amines) is 1. The SMILES string of the molecule is CCCC(C)(NCC1CCCN1CC)C(=O)O. The lowest BCUT2D eigenvalue weighted by molar-refractivity contribution is -0.144. The second-order valence-corrected chi connectivity index (χ2v) is 5.19. The van der Waals surface area contributed by atoms with Crippen LogP contribution in [0, 0.1) is 0 Å². The Morgan fingerprint density at radius 2 is 2.24 bits per heavy atom. The van der Waals surface area contributed by atoms with E-state index in [9.17, 15) is 9.90 Å². The van der Waals surface area contributed by atoms with E-state index in [4.69, 9.17) is 0 Å². The predicted octanol–water partition coefficient (Wildman–Crippen LogP) is 1.70. The molecule has 2 N–H and O–H groups in total. The van der Waals surface area contributed by atoms with E-state index in [0.29, 0.717) is 12.5 Å². The highest BCUT2D eigenvalue weighted by Crippen LogP contribution is 2.18. The van der Waals surface area contributed by atoms with Gasteiger partial charge in [0, 0.05) is 12.6 Å². The topological polar surface area (TPSA) is 52.6 Å². The lowest BCUT2D eigenvalue weighted by Crippen LogP contribution is -2.53. The molecule has 1 aliphatic heterocycles. The summed E-state index contributed by atoms with van der Waals surface area (Å²) in [6, 6.07) is 0.510. The molecule has 17 heavy (non-hydrogen) atoms. The third-order valence-electron chi connectivity index (χ3n) is 3.86. The maximum Gasteiger partial charge on any atom is 0.323 e. The highest BCUT2D eigenvalue weighted by molar-refractivity contribution is 5.78. The molecular formula is C13H26N2O2. The smallest absolute Gasteiger partial charge is 0.323 e. The zero-order valence-electron chi connectivity index (χ0n) is 11.3. The first-order chi connectivity index (χ1) is 8.03. The molecule has 1 fully saturated rings. The van der Waals surface area contributed by atoms with E-state index < -0.39 is 11.5 Å². The maximum absolute atomic E-state index is 11.3. The van der Waals surface area contributed by atoms with Gasteiger partial charge in [0.15, 0.2) is 0 Å². The minimum absolute atomic E-state index is 0.510. The van der Waals surface area contributed by atoms with Crippen molar-refractivity contribution >= 4 is 5.97 Å². The highest BCUT2D eigenvalue weighted by atomic mass is 16.4. The summed E-state index contributed by atoms with van der Waals surface area (Å²) < 4.78 is 0. The van der Waals surface area contributed by atoms with Gasteiger partial charge in [0.25, 0.3) is 0 Å².